The number of aryl methyl sites for hydroxylation is 1. The van der Waals surface area contributed by atoms with Crippen molar-refractivity contribution in [2.45, 2.75) is 38.1 Å². The van der Waals surface area contributed by atoms with E-state index in [4.69, 9.17) is 5.73 Å². The van der Waals surface area contributed by atoms with E-state index in [-0.39, 0.29) is 23.7 Å². The highest BCUT2D eigenvalue weighted by Crippen LogP contribution is 2.24. The summed E-state index contributed by atoms with van der Waals surface area (Å²) in [5, 5.41) is 2.92. The quantitative estimate of drug-likeness (QED) is 0.808. The molecule has 1 saturated carbocycles. The van der Waals surface area contributed by atoms with Crippen LogP contribution in [0.2, 0.25) is 0 Å². The molecule has 5 heteroatoms. The molecule has 0 aliphatic heterocycles. The van der Waals surface area contributed by atoms with Crippen LogP contribution < -0.4 is 11.1 Å². The number of hydrogen-bond donors (Lipinski definition) is 2. The van der Waals surface area contributed by atoms with Crippen molar-refractivity contribution < 1.29 is 9.18 Å². The van der Waals surface area contributed by atoms with Crippen LogP contribution in [0.25, 0.3) is 0 Å². The summed E-state index contributed by atoms with van der Waals surface area (Å²) in [6, 6.07) is 5.24. The van der Waals surface area contributed by atoms with Crippen molar-refractivity contribution in [3.8, 4) is 0 Å². The molecule has 2 rings (SSSR count). The van der Waals surface area contributed by atoms with E-state index < -0.39 is 0 Å². The van der Waals surface area contributed by atoms with Crippen LogP contribution in [0, 0.1) is 11.7 Å². The van der Waals surface area contributed by atoms with Crippen molar-refractivity contribution in [3.63, 3.8) is 0 Å². The lowest BCUT2D eigenvalue weighted by molar-refractivity contribution is -0.124. The molecular formula is C15H20BrFN2O. The fraction of sp³-hybridized carbons (Fsp3) is 0.533. The summed E-state index contributed by atoms with van der Waals surface area (Å²) in [7, 11) is 0. The van der Waals surface area contributed by atoms with Crippen molar-refractivity contribution in [2.24, 2.45) is 11.7 Å². The van der Waals surface area contributed by atoms with Gasteiger partial charge in [0.2, 0.25) is 5.91 Å². The highest BCUT2D eigenvalue weighted by atomic mass is 79.9. The van der Waals surface area contributed by atoms with Gasteiger partial charge in [0.15, 0.2) is 0 Å². The molecule has 0 bridgehead atoms. The van der Waals surface area contributed by atoms with Gasteiger partial charge in [-0.2, -0.15) is 0 Å². The van der Waals surface area contributed by atoms with E-state index in [9.17, 15) is 9.18 Å². The molecule has 0 aromatic heterocycles. The summed E-state index contributed by atoms with van der Waals surface area (Å²) in [6.07, 6.45) is 3.97. The Morgan fingerprint density at radius 2 is 2.25 bits per heavy atom. The minimum absolute atomic E-state index is 0.0643. The normalized spacial score (nSPS) is 21.9. The maximum Gasteiger partial charge on any atom is 0.223 e. The highest BCUT2D eigenvalue weighted by molar-refractivity contribution is 9.10. The van der Waals surface area contributed by atoms with Crippen molar-refractivity contribution in [1.29, 1.82) is 0 Å². The maximum atomic E-state index is 13.6. The zero-order chi connectivity index (χ0) is 14.5. The van der Waals surface area contributed by atoms with Crippen LogP contribution >= 0.6 is 15.9 Å². The zero-order valence-corrected chi connectivity index (χ0v) is 13.0. The van der Waals surface area contributed by atoms with Gasteiger partial charge in [0.05, 0.1) is 0 Å². The molecule has 20 heavy (non-hydrogen) atoms. The third-order valence-corrected chi connectivity index (χ3v) is 4.27. The summed E-state index contributed by atoms with van der Waals surface area (Å²) in [6.45, 7) is 0.583. The molecule has 1 aliphatic rings. The second-order valence-corrected chi connectivity index (χ2v) is 6.32. The lowest BCUT2D eigenvalue weighted by Gasteiger charge is -2.11. The van der Waals surface area contributed by atoms with Crippen molar-refractivity contribution in [2.75, 3.05) is 6.54 Å². The SMILES string of the molecule is NC1CCC(C(=O)NCCCc2ccc(Br)cc2F)C1. The van der Waals surface area contributed by atoms with E-state index in [0.717, 1.165) is 30.2 Å². The number of benzene rings is 1. The number of nitrogens with two attached hydrogens (primary N) is 1. The molecular weight excluding hydrogens is 323 g/mol. The zero-order valence-electron chi connectivity index (χ0n) is 11.4. The number of amides is 1. The van der Waals surface area contributed by atoms with E-state index in [1.807, 2.05) is 6.07 Å². The summed E-state index contributed by atoms with van der Waals surface area (Å²) < 4.78 is 14.3. The number of hydrogen-bond acceptors (Lipinski definition) is 2. The van der Waals surface area contributed by atoms with E-state index in [1.54, 1.807) is 6.07 Å². The number of carbonyl (C=O) groups excluding carboxylic acids is 1. The van der Waals surface area contributed by atoms with Crippen LogP contribution in [-0.2, 0) is 11.2 Å². The first-order valence-corrected chi connectivity index (χ1v) is 7.83. The fourth-order valence-electron chi connectivity index (χ4n) is 2.61. The Hall–Kier alpha value is -0.940. The van der Waals surface area contributed by atoms with Crippen molar-refractivity contribution >= 4 is 21.8 Å². The van der Waals surface area contributed by atoms with Gasteiger partial charge in [-0.25, -0.2) is 4.39 Å². The molecule has 1 amide bonds. The molecule has 3 N–H and O–H groups in total. The average Bonchev–Trinajstić information content (AvgIpc) is 2.83. The van der Waals surface area contributed by atoms with Gasteiger partial charge in [0.25, 0.3) is 0 Å². The molecule has 0 radical (unpaired) electrons. The van der Waals surface area contributed by atoms with Gasteiger partial charge in [-0.1, -0.05) is 22.0 Å². The predicted octanol–water partition coefficient (Wildman–Crippen LogP) is 2.76. The lowest BCUT2D eigenvalue weighted by atomic mass is 10.1. The molecule has 1 aliphatic carbocycles. The van der Waals surface area contributed by atoms with Gasteiger partial charge in [0.1, 0.15) is 5.82 Å². The Morgan fingerprint density at radius 1 is 1.45 bits per heavy atom. The number of carbonyl (C=O) groups is 1. The largest absolute Gasteiger partial charge is 0.356 e. The smallest absolute Gasteiger partial charge is 0.223 e. The standard InChI is InChI=1S/C15H20BrFN2O/c16-12-5-3-10(14(17)9-12)2-1-7-19-15(20)11-4-6-13(18)8-11/h3,5,9,11,13H,1-2,4,6-8,18H2,(H,19,20). The molecule has 1 aromatic rings. The Labute approximate surface area is 127 Å². The molecule has 0 saturated heterocycles. The molecule has 0 heterocycles. The second-order valence-electron chi connectivity index (χ2n) is 5.40. The Kier molecular flexibility index (Phi) is 5.54. The topological polar surface area (TPSA) is 55.1 Å². The van der Waals surface area contributed by atoms with Crippen LogP contribution in [0.1, 0.15) is 31.2 Å². The van der Waals surface area contributed by atoms with E-state index >= 15 is 0 Å². The lowest BCUT2D eigenvalue weighted by Crippen LogP contribution is -2.31. The summed E-state index contributed by atoms with van der Waals surface area (Å²) >= 11 is 3.23. The van der Waals surface area contributed by atoms with Gasteiger partial charge in [-0.05, 0) is 49.8 Å². The molecule has 3 nitrogen and oxygen atoms in total. The first kappa shape index (κ1) is 15.4. The maximum absolute atomic E-state index is 13.6. The van der Waals surface area contributed by atoms with E-state index in [2.05, 4.69) is 21.2 Å². The molecule has 1 aromatic carbocycles. The minimum Gasteiger partial charge on any atom is -0.356 e. The van der Waals surface area contributed by atoms with E-state index in [0.29, 0.717) is 18.5 Å². The predicted molar refractivity (Wildman–Crippen MR) is 80.7 cm³/mol. The van der Waals surface area contributed by atoms with Crippen LogP contribution in [0.4, 0.5) is 4.39 Å². The minimum atomic E-state index is -0.201. The van der Waals surface area contributed by atoms with Gasteiger partial charge in [-0.15, -0.1) is 0 Å². The number of nitrogens with one attached hydrogen (secondary N) is 1. The Morgan fingerprint density at radius 3 is 2.90 bits per heavy atom. The number of halogens is 2. The first-order chi connectivity index (χ1) is 9.56. The van der Waals surface area contributed by atoms with Crippen molar-refractivity contribution in [1.82, 2.24) is 5.32 Å². The van der Waals surface area contributed by atoms with Crippen LogP contribution in [0.3, 0.4) is 0 Å². The first-order valence-electron chi connectivity index (χ1n) is 7.03. The van der Waals surface area contributed by atoms with Crippen LogP contribution in [0.5, 0.6) is 0 Å². The van der Waals surface area contributed by atoms with Crippen molar-refractivity contribution in [3.05, 3.63) is 34.1 Å². The fourth-order valence-corrected chi connectivity index (χ4v) is 2.95. The third kappa shape index (κ3) is 4.28. The third-order valence-electron chi connectivity index (χ3n) is 3.78. The Bertz CT molecular complexity index is 481. The molecule has 2 unspecified atom stereocenters. The second kappa shape index (κ2) is 7.18. The highest BCUT2D eigenvalue weighted by Gasteiger charge is 2.27. The summed E-state index contributed by atoms with van der Waals surface area (Å²) in [5.41, 5.74) is 6.48. The van der Waals surface area contributed by atoms with E-state index in [1.165, 1.54) is 6.07 Å². The van der Waals surface area contributed by atoms with Gasteiger partial charge >= 0.3 is 0 Å². The number of rotatable bonds is 5. The van der Waals surface area contributed by atoms with Gasteiger partial charge in [-0.3, -0.25) is 4.79 Å². The molecule has 0 spiro atoms. The van der Waals surface area contributed by atoms with Gasteiger partial charge in [0, 0.05) is 23.0 Å². The van der Waals surface area contributed by atoms with Crippen LogP contribution in [0.15, 0.2) is 22.7 Å². The summed E-state index contributed by atoms with van der Waals surface area (Å²) in [4.78, 5) is 11.9. The summed E-state index contributed by atoms with van der Waals surface area (Å²) in [5.74, 6) is -0.0453. The molecule has 110 valence electrons. The van der Waals surface area contributed by atoms with Gasteiger partial charge < -0.3 is 11.1 Å². The molecule has 1 fully saturated rings. The monoisotopic (exact) mass is 342 g/mol. The molecule has 2 atom stereocenters. The Balaban J connectivity index is 1.70. The van der Waals surface area contributed by atoms with Crippen LogP contribution in [-0.4, -0.2) is 18.5 Å². The average molecular weight is 343 g/mol.